The van der Waals surface area contributed by atoms with Crippen LogP contribution in [0.5, 0.6) is 5.75 Å². The Morgan fingerprint density at radius 3 is 2.34 bits per heavy atom. The molecule has 4 heteroatoms. The number of nitrogens with one attached hydrogen (secondary N) is 1. The Balaban J connectivity index is 1.53. The topological polar surface area (TPSA) is 55.0 Å². The van der Waals surface area contributed by atoms with Crippen LogP contribution in [0, 0.1) is 0 Å². The van der Waals surface area contributed by atoms with Crippen LogP contribution < -0.4 is 15.2 Å². The van der Waals surface area contributed by atoms with Gasteiger partial charge in [0, 0.05) is 11.8 Å². The van der Waals surface area contributed by atoms with E-state index in [1.165, 1.54) is 30.1 Å². The molecule has 32 heavy (non-hydrogen) atoms. The minimum Gasteiger partial charge on any atom is -0.480 e. The number of Topliss-reactive ketones (excluding diaryl/α,β-unsaturated/α-hetero) is 1. The van der Waals surface area contributed by atoms with Gasteiger partial charge < -0.3 is 4.74 Å². The smallest absolute Gasteiger partial charge is 0.197 e. The van der Waals surface area contributed by atoms with Gasteiger partial charge in [-0.25, -0.2) is 0 Å². The summed E-state index contributed by atoms with van der Waals surface area (Å²) < 4.78 is 6.51. The van der Waals surface area contributed by atoms with Crippen molar-refractivity contribution < 1.29 is 9.53 Å². The summed E-state index contributed by atoms with van der Waals surface area (Å²) in [5.41, 5.74) is 5.57. The van der Waals surface area contributed by atoms with E-state index in [2.05, 4.69) is 34.5 Å². The van der Waals surface area contributed by atoms with Crippen LogP contribution in [0.4, 0.5) is 0 Å². The lowest BCUT2D eigenvalue weighted by atomic mass is 9.87. The molecule has 1 N–H and O–H groups in total. The van der Waals surface area contributed by atoms with E-state index in [1.807, 2.05) is 54.6 Å². The molecule has 4 nitrogen and oxygen atoms in total. The van der Waals surface area contributed by atoms with Crippen molar-refractivity contribution >= 4 is 16.9 Å². The highest BCUT2D eigenvalue weighted by Gasteiger charge is 2.33. The average Bonchev–Trinajstić information content (AvgIpc) is 3.34. The Bertz CT molecular complexity index is 1410. The van der Waals surface area contributed by atoms with Crippen molar-refractivity contribution in [2.24, 2.45) is 0 Å². The second kappa shape index (κ2) is 7.65. The third-order valence-electron chi connectivity index (χ3n) is 6.45. The highest BCUT2D eigenvalue weighted by atomic mass is 16.5. The van der Waals surface area contributed by atoms with Gasteiger partial charge in [0.2, 0.25) is 0 Å². The van der Waals surface area contributed by atoms with Gasteiger partial charge in [-0.05, 0) is 53.5 Å². The standard InChI is InChI=1S/C28H22N2O2/c31-27-23-14-13-22(24-15-16-29-30-24)17-25(23)32-28(21-5-2-1-3-6-21)26(27)20-11-9-19(10-12-20)18-7-4-8-18/h1-3,5-6,9-17,28H,4,7-8H2,(H,29,30). The maximum atomic E-state index is 13.7. The molecule has 0 radical (unpaired) electrons. The van der Waals surface area contributed by atoms with Crippen molar-refractivity contribution in [1.82, 2.24) is 10.2 Å². The quantitative estimate of drug-likeness (QED) is 0.519. The second-order valence-corrected chi connectivity index (χ2v) is 8.37. The molecule has 2 heterocycles. The molecule has 1 aliphatic heterocycles. The van der Waals surface area contributed by atoms with Crippen LogP contribution in [-0.2, 0) is 0 Å². The van der Waals surface area contributed by atoms with Crippen molar-refractivity contribution in [1.29, 1.82) is 0 Å². The summed E-state index contributed by atoms with van der Waals surface area (Å²) >= 11 is 0. The van der Waals surface area contributed by atoms with Crippen molar-refractivity contribution in [2.45, 2.75) is 25.4 Å². The molecule has 1 unspecified atom stereocenters. The zero-order chi connectivity index (χ0) is 21.5. The van der Waals surface area contributed by atoms with E-state index in [0.717, 1.165) is 22.0 Å². The number of ether oxygens (including phenoxy) is 1. The van der Waals surface area contributed by atoms with Crippen LogP contribution in [0.1, 0.15) is 41.3 Å². The first kappa shape index (κ1) is 18.8. The molecule has 0 amide bonds. The minimum atomic E-state index is -0.463. The van der Waals surface area contributed by atoms with Gasteiger partial charge in [0.05, 0.1) is 16.8 Å². The minimum absolute atomic E-state index is 0.0142. The lowest BCUT2D eigenvalue weighted by molar-refractivity contribution is 0.100. The number of nitrogens with zero attached hydrogens (tertiary/aromatic N) is 1. The number of rotatable bonds is 2. The van der Waals surface area contributed by atoms with E-state index < -0.39 is 6.10 Å². The van der Waals surface area contributed by atoms with Crippen LogP contribution in [0.3, 0.4) is 0 Å². The lowest BCUT2D eigenvalue weighted by Gasteiger charge is -2.28. The Morgan fingerprint density at radius 2 is 1.66 bits per heavy atom. The van der Waals surface area contributed by atoms with Crippen molar-refractivity contribution in [2.75, 3.05) is 0 Å². The zero-order valence-corrected chi connectivity index (χ0v) is 17.5. The van der Waals surface area contributed by atoms with Crippen molar-refractivity contribution in [3.05, 3.63) is 107 Å². The first-order valence-electron chi connectivity index (χ1n) is 11.0. The number of aromatic amines is 1. The summed E-state index contributed by atoms with van der Waals surface area (Å²) in [6, 6.07) is 26.0. The van der Waals surface area contributed by atoms with Crippen LogP contribution in [0.15, 0.2) is 85.1 Å². The van der Waals surface area contributed by atoms with Crippen molar-refractivity contribution in [3.8, 4) is 17.0 Å². The first-order chi connectivity index (χ1) is 15.8. The van der Waals surface area contributed by atoms with Gasteiger partial charge in [-0.2, -0.15) is 5.10 Å². The number of hydrogen-bond donors (Lipinski definition) is 1. The van der Waals surface area contributed by atoms with Gasteiger partial charge in [-0.15, -0.1) is 0 Å². The fourth-order valence-electron chi connectivity index (χ4n) is 4.51. The molecule has 6 rings (SSSR count). The molecular weight excluding hydrogens is 396 g/mol. The van der Waals surface area contributed by atoms with E-state index in [9.17, 15) is 4.79 Å². The van der Waals surface area contributed by atoms with Crippen LogP contribution in [-0.4, -0.2) is 16.0 Å². The van der Waals surface area contributed by atoms with Gasteiger partial charge in [0.15, 0.2) is 11.9 Å². The lowest BCUT2D eigenvalue weighted by Crippen LogP contribution is -2.29. The number of carbonyl (C=O) groups is 1. The van der Waals surface area contributed by atoms with Crippen LogP contribution in [0.2, 0.25) is 0 Å². The number of carbonyl (C=O) groups excluding carboxylic acids is 1. The number of fused-ring (bicyclic) bond motifs is 1. The summed E-state index contributed by atoms with van der Waals surface area (Å²) in [4.78, 5) is 13.7. The van der Waals surface area contributed by atoms with Gasteiger partial charge in [0.1, 0.15) is 5.75 Å². The monoisotopic (exact) mass is 418 g/mol. The molecule has 156 valence electrons. The highest BCUT2D eigenvalue weighted by molar-refractivity contribution is 6.27. The summed E-state index contributed by atoms with van der Waals surface area (Å²) in [6.07, 6.45) is 4.88. The Morgan fingerprint density at radius 1 is 0.875 bits per heavy atom. The van der Waals surface area contributed by atoms with Crippen molar-refractivity contribution in [3.63, 3.8) is 0 Å². The molecule has 1 aliphatic carbocycles. The Kier molecular flexibility index (Phi) is 4.50. The summed E-state index contributed by atoms with van der Waals surface area (Å²) in [5.74, 6) is 0.613. The summed E-state index contributed by atoms with van der Waals surface area (Å²) in [6.45, 7) is 0. The summed E-state index contributed by atoms with van der Waals surface area (Å²) in [5, 5.41) is 9.20. The van der Waals surface area contributed by atoms with Gasteiger partial charge >= 0.3 is 0 Å². The fraction of sp³-hybridized carbons (Fsp3) is 0.143. The van der Waals surface area contributed by atoms with Gasteiger partial charge in [-0.1, -0.05) is 66.2 Å². The molecule has 0 bridgehead atoms. The van der Waals surface area contributed by atoms with E-state index >= 15 is 0 Å². The third-order valence-corrected chi connectivity index (χ3v) is 6.45. The number of H-pyrrole nitrogens is 1. The molecule has 1 saturated carbocycles. The number of ketones is 1. The fourth-order valence-corrected chi connectivity index (χ4v) is 4.51. The summed E-state index contributed by atoms with van der Waals surface area (Å²) in [7, 11) is 0. The maximum Gasteiger partial charge on any atom is 0.197 e. The highest BCUT2D eigenvalue weighted by Crippen LogP contribution is 2.40. The molecule has 1 fully saturated rings. The molecule has 1 aromatic heterocycles. The molecule has 1 atom stereocenters. The first-order valence-corrected chi connectivity index (χ1v) is 11.0. The molecule has 2 aliphatic rings. The van der Waals surface area contributed by atoms with E-state index in [0.29, 0.717) is 16.9 Å². The molecule has 3 aromatic carbocycles. The molecular formula is C28H22N2O2. The normalized spacial score (nSPS) is 17.5. The predicted octanol–water partition coefficient (Wildman–Crippen LogP) is 4.58. The predicted molar refractivity (Wildman–Crippen MR) is 125 cm³/mol. The second-order valence-electron chi connectivity index (χ2n) is 8.37. The van der Waals surface area contributed by atoms with Gasteiger partial charge in [-0.3, -0.25) is 9.89 Å². The number of hydrogen-bond acceptors (Lipinski definition) is 3. The molecule has 4 aromatic rings. The van der Waals surface area contributed by atoms with Crippen LogP contribution >= 0.6 is 0 Å². The Hall–Kier alpha value is -3.92. The number of benzene rings is 3. The largest absolute Gasteiger partial charge is 0.480 e. The van der Waals surface area contributed by atoms with Gasteiger partial charge in [0.25, 0.3) is 0 Å². The SMILES string of the molecule is O=C1C(=c2ccc(=C3CCC3)cc2)C(c2ccccc2)Oc2cc(-c3ccn[nH]3)ccc21. The average molecular weight is 418 g/mol. The maximum absolute atomic E-state index is 13.7. The van der Waals surface area contributed by atoms with E-state index in [1.54, 1.807) is 6.20 Å². The Labute approximate surface area is 185 Å². The van der Waals surface area contributed by atoms with E-state index in [-0.39, 0.29) is 5.78 Å². The number of aromatic nitrogens is 2. The zero-order valence-electron chi connectivity index (χ0n) is 17.5. The third kappa shape index (κ3) is 3.16. The molecule has 0 spiro atoms. The van der Waals surface area contributed by atoms with Crippen LogP contribution in [0.25, 0.3) is 22.4 Å². The molecule has 0 saturated heterocycles. The van der Waals surface area contributed by atoms with E-state index in [4.69, 9.17) is 4.74 Å².